The van der Waals surface area contributed by atoms with Gasteiger partial charge >= 0.3 is 6.03 Å². The SMILES string of the molecule is CCc1c(C)sc2nc(SCC(=O)NC(=O)NC(C)(C)C)n(CC3CCCO3)c(=O)c12. The van der Waals surface area contributed by atoms with Gasteiger partial charge in [0.2, 0.25) is 5.91 Å². The summed E-state index contributed by atoms with van der Waals surface area (Å²) in [6.07, 6.45) is 2.60. The van der Waals surface area contributed by atoms with Gasteiger partial charge < -0.3 is 10.1 Å². The molecule has 1 unspecified atom stereocenters. The van der Waals surface area contributed by atoms with Crippen LogP contribution in [0.5, 0.6) is 0 Å². The molecule has 1 aliphatic rings. The van der Waals surface area contributed by atoms with Gasteiger partial charge in [0.1, 0.15) is 4.83 Å². The molecule has 0 spiro atoms. The molecule has 1 atom stereocenters. The fourth-order valence-electron chi connectivity index (χ4n) is 3.58. The summed E-state index contributed by atoms with van der Waals surface area (Å²) >= 11 is 2.66. The summed E-state index contributed by atoms with van der Waals surface area (Å²) in [5.41, 5.74) is 0.502. The minimum atomic E-state index is -0.542. The molecule has 1 aliphatic heterocycles. The molecule has 2 aromatic heterocycles. The molecule has 1 fully saturated rings. The number of hydrogen-bond donors (Lipinski definition) is 2. The number of imide groups is 1. The van der Waals surface area contributed by atoms with E-state index >= 15 is 0 Å². The van der Waals surface area contributed by atoms with Crippen molar-refractivity contribution in [2.45, 2.75) is 77.2 Å². The zero-order valence-electron chi connectivity index (χ0n) is 18.7. The smallest absolute Gasteiger partial charge is 0.321 e. The van der Waals surface area contributed by atoms with Crippen molar-refractivity contribution in [2.75, 3.05) is 12.4 Å². The van der Waals surface area contributed by atoms with E-state index in [1.54, 1.807) is 4.57 Å². The molecule has 170 valence electrons. The van der Waals surface area contributed by atoms with Gasteiger partial charge in [-0.15, -0.1) is 11.3 Å². The number of thiophene rings is 1. The zero-order valence-corrected chi connectivity index (χ0v) is 20.3. The Morgan fingerprint density at radius 2 is 2.10 bits per heavy atom. The highest BCUT2D eigenvalue weighted by Gasteiger charge is 2.23. The first kappa shape index (κ1) is 23.7. The van der Waals surface area contributed by atoms with E-state index in [2.05, 4.69) is 10.6 Å². The van der Waals surface area contributed by atoms with E-state index in [9.17, 15) is 14.4 Å². The minimum Gasteiger partial charge on any atom is -0.376 e. The van der Waals surface area contributed by atoms with Crippen LogP contribution in [-0.4, -0.2) is 45.5 Å². The standard InChI is InChI=1S/C21H30N4O4S2/c1-6-14-12(2)31-17-16(14)18(27)25(10-13-8-7-9-29-13)20(23-17)30-11-15(26)22-19(28)24-21(3,4)5/h13H,6-11H2,1-5H3,(H2,22,24,26,28). The normalized spacial score (nSPS) is 16.6. The largest absolute Gasteiger partial charge is 0.376 e. The number of fused-ring (bicyclic) bond motifs is 1. The number of aryl methyl sites for hydroxylation is 2. The molecule has 1 saturated heterocycles. The second-order valence-corrected chi connectivity index (χ2v) is 10.8. The molecule has 3 heterocycles. The fourth-order valence-corrected chi connectivity index (χ4v) is 5.55. The lowest BCUT2D eigenvalue weighted by molar-refractivity contribution is -0.117. The molecule has 0 aromatic carbocycles. The molecule has 2 aromatic rings. The summed E-state index contributed by atoms with van der Waals surface area (Å²) in [5, 5.41) is 6.16. The van der Waals surface area contributed by atoms with Crippen molar-refractivity contribution in [3.8, 4) is 0 Å². The van der Waals surface area contributed by atoms with Gasteiger partial charge in [-0.25, -0.2) is 9.78 Å². The van der Waals surface area contributed by atoms with Crippen LogP contribution in [0.2, 0.25) is 0 Å². The van der Waals surface area contributed by atoms with E-state index < -0.39 is 17.5 Å². The number of rotatable bonds is 6. The minimum absolute atomic E-state index is 0.0218. The molecule has 0 aliphatic carbocycles. The maximum Gasteiger partial charge on any atom is 0.321 e. The van der Waals surface area contributed by atoms with E-state index in [1.807, 2.05) is 34.6 Å². The van der Waals surface area contributed by atoms with Crippen LogP contribution in [0.15, 0.2) is 9.95 Å². The summed E-state index contributed by atoms with van der Waals surface area (Å²) in [6.45, 7) is 10.7. The lowest BCUT2D eigenvalue weighted by Crippen LogP contribution is -2.48. The predicted molar refractivity (Wildman–Crippen MR) is 124 cm³/mol. The van der Waals surface area contributed by atoms with Gasteiger partial charge in [0.25, 0.3) is 5.56 Å². The van der Waals surface area contributed by atoms with Gasteiger partial charge in [-0.3, -0.25) is 19.5 Å². The first-order chi connectivity index (χ1) is 14.6. The number of ether oxygens (including phenoxy) is 1. The van der Waals surface area contributed by atoms with Crippen LogP contribution in [0.25, 0.3) is 10.2 Å². The van der Waals surface area contributed by atoms with Gasteiger partial charge in [-0.1, -0.05) is 18.7 Å². The molecule has 0 radical (unpaired) electrons. The Balaban J connectivity index is 1.85. The summed E-state index contributed by atoms with van der Waals surface area (Å²) in [7, 11) is 0. The number of carbonyl (C=O) groups excluding carboxylic acids is 2. The Labute approximate surface area is 190 Å². The monoisotopic (exact) mass is 466 g/mol. The van der Waals surface area contributed by atoms with Gasteiger partial charge in [-0.05, 0) is 52.5 Å². The third-order valence-corrected chi connectivity index (χ3v) is 6.93. The van der Waals surface area contributed by atoms with Gasteiger partial charge in [0.15, 0.2) is 5.16 Å². The predicted octanol–water partition coefficient (Wildman–Crippen LogP) is 3.22. The Hall–Kier alpha value is -1.91. The summed E-state index contributed by atoms with van der Waals surface area (Å²) in [4.78, 5) is 44.1. The first-order valence-electron chi connectivity index (χ1n) is 10.5. The van der Waals surface area contributed by atoms with Crippen molar-refractivity contribution < 1.29 is 14.3 Å². The van der Waals surface area contributed by atoms with Crippen LogP contribution < -0.4 is 16.2 Å². The molecule has 31 heavy (non-hydrogen) atoms. The number of carbonyl (C=O) groups is 2. The zero-order chi connectivity index (χ0) is 22.8. The van der Waals surface area contributed by atoms with E-state index in [4.69, 9.17) is 9.72 Å². The second kappa shape index (κ2) is 9.70. The molecule has 0 saturated carbocycles. The van der Waals surface area contributed by atoms with Crippen LogP contribution in [0.4, 0.5) is 4.79 Å². The molecule has 0 bridgehead atoms. The van der Waals surface area contributed by atoms with Crippen LogP contribution >= 0.6 is 23.1 Å². The Bertz CT molecular complexity index is 1030. The quantitative estimate of drug-likeness (QED) is 0.501. The lowest BCUT2D eigenvalue weighted by Gasteiger charge is -2.20. The number of urea groups is 1. The van der Waals surface area contributed by atoms with Gasteiger partial charge in [0.05, 0.1) is 23.8 Å². The van der Waals surface area contributed by atoms with Crippen LogP contribution in [0.3, 0.4) is 0 Å². The third-order valence-electron chi connectivity index (χ3n) is 4.92. The highest BCUT2D eigenvalue weighted by atomic mass is 32.2. The Kier molecular flexibility index (Phi) is 7.43. The molecule has 8 nitrogen and oxygen atoms in total. The maximum absolute atomic E-state index is 13.4. The summed E-state index contributed by atoms with van der Waals surface area (Å²) < 4.78 is 7.37. The third kappa shape index (κ3) is 5.87. The van der Waals surface area contributed by atoms with Crippen LogP contribution in [0.1, 0.15) is 51.0 Å². The van der Waals surface area contributed by atoms with Gasteiger partial charge in [-0.2, -0.15) is 0 Å². The van der Waals surface area contributed by atoms with Gasteiger partial charge in [0, 0.05) is 17.0 Å². The van der Waals surface area contributed by atoms with Crippen molar-refractivity contribution in [1.82, 2.24) is 20.2 Å². The van der Waals surface area contributed by atoms with Crippen molar-refractivity contribution >= 4 is 45.3 Å². The molecule has 3 amide bonds. The van der Waals surface area contributed by atoms with Crippen molar-refractivity contribution in [3.63, 3.8) is 0 Å². The second-order valence-electron chi connectivity index (χ2n) is 8.66. The highest BCUT2D eigenvalue weighted by molar-refractivity contribution is 7.99. The number of nitrogens with one attached hydrogen (secondary N) is 2. The average Bonchev–Trinajstić information content (AvgIpc) is 3.27. The molecule has 2 N–H and O–H groups in total. The van der Waals surface area contributed by atoms with Crippen molar-refractivity contribution in [3.05, 3.63) is 20.8 Å². The molecular weight excluding hydrogens is 436 g/mol. The van der Waals surface area contributed by atoms with E-state index in [1.165, 1.54) is 11.3 Å². The number of hydrogen-bond acceptors (Lipinski definition) is 7. The summed E-state index contributed by atoms with van der Waals surface area (Å²) in [6, 6.07) is -0.542. The van der Waals surface area contributed by atoms with Crippen molar-refractivity contribution in [2.24, 2.45) is 0 Å². The Morgan fingerprint density at radius 1 is 1.35 bits per heavy atom. The maximum atomic E-state index is 13.4. The fraction of sp³-hybridized carbons (Fsp3) is 0.619. The highest BCUT2D eigenvalue weighted by Crippen LogP contribution is 2.30. The first-order valence-corrected chi connectivity index (χ1v) is 12.3. The van der Waals surface area contributed by atoms with E-state index in [0.717, 1.165) is 41.5 Å². The number of thioether (sulfide) groups is 1. The Morgan fingerprint density at radius 3 is 2.71 bits per heavy atom. The van der Waals surface area contributed by atoms with Crippen molar-refractivity contribution in [1.29, 1.82) is 0 Å². The number of aromatic nitrogens is 2. The van der Waals surface area contributed by atoms with Crippen LogP contribution in [0, 0.1) is 6.92 Å². The van der Waals surface area contributed by atoms with E-state index in [0.29, 0.717) is 28.5 Å². The molecule has 3 rings (SSSR count). The van der Waals surface area contributed by atoms with Crippen LogP contribution in [-0.2, 0) is 22.5 Å². The number of amides is 3. The lowest BCUT2D eigenvalue weighted by atomic mass is 10.1. The summed E-state index contributed by atoms with van der Waals surface area (Å²) in [5.74, 6) is -0.465. The molecular formula is C21H30N4O4S2. The molecule has 10 heteroatoms. The average molecular weight is 467 g/mol. The number of nitrogens with zero attached hydrogens (tertiary/aromatic N) is 2. The van der Waals surface area contributed by atoms with E-state index in [-0.39, 0.29) is 17.4 Å². The topological polar surface area (TPSA) is 102 Å².